The van der Waals surface area contributed by atoms with Crippen molar-refractivity contribution in [1.82, 2.24) is 5.32 Å². The molecule has 1 aliphatic carbocycles. The lowest BCUT2D eigenvalue weighted by Gasteiger charge is -2.37. The van der Waals surface area contributed by atoms with E-state index in [1.165, 1.54) is 0 Å². The second-order valence-corrected chi connectivity index (χ2v) is 6.31. The minimum absolute atomic E-state index is 0.0713. The molecule has 1 heterocycles. The zero-order valence-electron chi connectivity index (χ0n) is 11.6. The van der Waals surface area contributed by atoms with Gasteiger partial charge in [0.1, 0.15) is 0 Å². The van der Waals surface area contributed by atoms with Gasteiger partial charge in [0, 0.05) is 30.7 Å². The number of rotatable bonds is 2. The molecule has 0 aromatic carbocycles. The number of carbonyl (C=O) groups excluding carboxylic acids is 1. The molecular formula is C14H26N2O2. The first-order valence-electron chi connectivity index (χ1n) is 7.15. The molecule has 2 rings (SSSR count). The number of ether oxygens (including phenoxy) is 1. The minimum Gasteiger partial charge on any atom is -0.381 e. The van der Waals surface area contributed by atoms with Crippen LogP contribution in [-0.2, 0) is 9.53 Å². The number of nitrogens with one attached hydrogen (secondary N) is 1. The summed E-state index contributed by atoms with van der Waals surface area (Å²) in [6, 6.07) is 0.271. The van der Waals surface area contributed by atoms with Crippen molar-refractivity contribution in [3.8, 4) is 0 Å². The first-order valence-corrected chi connectivity index (χ1v) is 7.15. The monoisotopic (exact) mass is 254 g/mol. The lowest BCUT2D eigenvalue weighted by molar-refractivity contribution is -0.129. The number of carbonyl (C=O) groups is 1. The Bertz CT molecular complexity index is 300. The highest BCUT2D eigenvalue weighted by Gasteiger charge is 2.34. The fourth-order valence-corrected chi connectivity index (χ4v) is 3.00. The van der Waals surface area contributed by atoms with Gasteiger partial charge in [-0.15, -0.1) is 0 Å². The molecule has 3 atom stereocenters. The fourth-order valence-electron chi connectivity index (χ4n) is 3.00. The quantitative estimate of drug-likeness (QED) is 0.783. The number of amides is 1. The molecule has 18 heavy (non-hydrogen) atoms. The zero-order valence-corrected chi connectivity index (χ0v) is 11.6. The van der Waals surface area contributed by atoms with Gasteiger partial charge in [0.2, 0.25) is 5.91 Å². The molecule has 0 aromatic rings. The molecule has 0 aromatic heterocycles. The molecule has 2 aliphatic rings. The van der Waals surface area contributed by atoms with Crippen LogP contribution in [0.5, 0.6) is 0 Å². The molecule has 1 amide bonds. The van der Waals surface area contributed by atoms with Crippen molar-refractivity contribution in [3.63, 3.8) is 0 Å². The second kappa shape index (κ2) is 5.57. The molecule has 0 spiro atoms. The average molecular weight is 254 g/mol. The molecule has 3 N–H and O–H groups in total. The van der Waals surface area contributed by atoms with Crippen LogP contribution in [0.2, 0.25) is 0 Å². The SMILES string of the molecule is CC1CC(C(=O)NC2(C)CCOCC2)CCC1N. The van der Waals surface area contributed by atoms with Crippen molar-refractivity contribution >= 4 is 5.91 Å². The van der Waals surface area contributed by atoms with Crippen LogP contribution in [0.25, 0.3) is 0 Å². The van der Waals surface area contributed by atoms with E-state index in [9.17, 15) is 4.79 Å². The molecule has 4 nitrogen and oxygen atoms in total. The van der Waals surface area contributed by atoms with Crippen LogP contribution in [0.1, 0.15) is 46.0 Å². The Labute approximate surface area is 110 Å². The lowest BCUT2D eigenvalue weighted by atomic mass is 9.78. The maximum Gasteiger partial charge on any atom is 0.223 e. The van der Waals surface area contributed by atoms with E-state index in [0.29, 0.717) is 5.92 Å². The van der Waals surface area contributed by atoms with Crippen LogP contribution < -0.4 is 11.1 Å². The first-order chi connectivity index (χ1) is 8.50. The normalized spacial score (nSPS) is 36.1. The van der Waals surface area contributed by atoms with Gasteiger partial charge < -0.3 is 15.8 Å². The summed E-state index contributed by atoms with van der Waals surface area (Å²) in [5.41, 5.74) is 5.93. The fraction of sp³-hybridized carbons (Fsp3) is 0.929. The van der Waals surface area contributed by atoms with Crippen LogP contribution in [0.3, 0.4) is 0 Å². The van der Waals surface area contributed by atoms with Gasteiger partial charge in [-0.1, -0.05) is 6.92 Å². The molecule has 2 fully saturated rings. The summed E-state index contributed by atoms with van der Waals surface area (Å²) in [7, 11) is 0. The third-order valence-corrected chi connectivity index (χ3v) is 4.63. The van der Waals surface area contributed by atoms with Gasteiger partial charge in [-0.2, -0.15) is 0 Å². The van der Waals surface area contributed by atoms with E-state index < -0.39 is 0 Å². The van der Waals surface area contributed by atoms with Crippen molar-refractivity contribution in [3.05, 3.63) is 0 Å². The van der Waals surface area contributed by atoms with Crippen LogP contribution >= 0.6 is 0 Å². The average Bonchev–Trinajstić information content (AvgIpc) is 2.33. The molecule has 1 aliphatic heterocycles. The molecule has 3 unspecified atom stereocenters. The third-order valence-electron chi connectivity index (χ3n) is 4.63. The zero-order chi connectivity index (χ0) is 13.2. The largest absolute Gasteiger partial charge is 0.381 e. The van der Waals surface area contributed by atoms with Gasteiger partial charge in [-0.05, 0) is 44.9 Å². The molecule has 0 bridgehead atoms. The molecule has 1 saturated heterocycles. The predicted octanol–water partition coefficient (Wildman–Crippen LogP) is 1.44. The van der Waals surface area contributed by atoms with E-state index in [-0.39, 0.29) is 23.4 Å². The van der Waals surface area contributed by atoms with Crippen molar-refractivity contribution < 1.29 is 9.53 Å². The molecule has 1 saturated carbocycles. The van der Waals surface area contributed by atoms with E-state index >= 15 is 0 Å². The number of nitrogens with two attached hydrogens (primary N) is 1. The highest BCUT2D eigenvalue weighted by Crippen LogP contribution is 2.29. The Morgan fingerprint density at radius 1 is 1.33 bits per heavy atom. The van der Waals surface area contributed by atoms with Gasteiger partial charge in [0.05, 0.1) is 0 Å². The summed E-state index contributed by atoms with van der Waals surface area (Å²) in [6.07, 6.45) is 4.67. The van der Waals surface area contributed by atoms with E-state index in [4.69, 9.17) is 10.5 Å². The minimum atomic E-state index is -0.0713. The second-order valence-electron chi connectivity index (χ2n) is 6.31. The van der Waals surface area contributed by atoms with Crippen LogP contribution in [-0.4, -0.2) is 30.7 Å². The highest BCUT2D eigenvalue weighted by molar-refractivity contribution is 5.79. The van der Waals surface area contributed by atoms with Crippen molar-refractivity contribution in [2.75, 3.05) is 13.2 Å². The Kier molecular flexibility index (Phi) is 4.28. The summed E-state index contributed by atoms with van der Waals surface area (Å²) in [5.74, 6) is 0.828. The van der Waals surface area contributed by atoms with Crippen LogP contribution in [0.4, 0.5) is 0 Å². The van der Waals surface area contributed by atoms with Crippen molar-refractivity contribution in [1.29, 1.82) is 0 Å². The summed E-state index contributed by atoms with van der Waals surface area (Å²) in [5, 5.41) is 3.24. The van der Waals surface area contributed by atoms with E-state index in [0.717, 1.165) is 45.3 Å². The Morgan fingerprint density at radius 2 is 2.00 bits per heavy atom. The van der Waals surface area contributed by atoms with E-state index in [1.54, 1.807) is 0 Å². The van der Waals surface area contributed by atoms with Crippen LogP contribution in [0, 0.1) is 11.8 Å². The smallest absolute Gasteiger partial charge is 0.223 e. The van der Waals surface area contributed by atoms with Crippen LogP contribution in [0.15, 0.2) is 0 Å². The lowest BCUT2D eigenvalue weighted by Crippen LogP contribution is -2.52. The summed E-state index contributed by atoms with van der Waals surface area (Å²) >= 11 is 0. The maximum atomic E-state index is 12.3. The molecule has 0 radical (unpaired) electrons. The Morgan fingerprint density at radius 3 is 2.61 bits per heavy atom. The summed E-state index contributed by atoms with van der Waals surface area (Å²) in [6.45, 7) is 5.79. The number of hydrogen-bond acceptors (Lipinski definition) is 3. The highest BCUT2D eigenvalue weighted by atomic mass is 16.5. The third kappa shape index (κ3) is 3.23. The van der Waals surface area contributed by atoms with Gasteiger partial charge >= 0.3 is 0 Å². The molecular weight excluding hydrogens is 228 g/mol. The van der Waals surface area contributed by atoms with Crippen molar-refractivity contribution in [2.24, 2.45) is 17.6 Å². The predicted molar refractivity (Wildman–Crippen MR) is 71.1 cm³/mol. The van der Waals surface area contributed by atoms with Gasteiger partial charge in [0.15, 0.2) is 0 Å². The molecule has 104 valence electrons. The van der Waals surface area contributed by atoms with Crippen molar-refractivity contribution in [2.45, 2.75) is 57.5 Å². The van der Waals surface area contributed by atoms with E-state index in [2.05, 4.69) is 19.2 Å². The van der Waals surface area contributed by atoms with Gasteiger partial charge in [-0.3, -0.25) is 4.79 Å². The van der Waals surface area contributed by atoms with E-state index in [1.807, 2.05) is 0 Å². The first kappa shape index (κ1) is 13.8. The van der Waals surface area contributed by atoms with Gasteiger partial charge in [-0.25, -0.2) is 0 Å². The standard InChI is InChI=1S/C14H26N2O2/c1-10-9-11(3-4-12(10)15)13(17)16-14(2)5-7-18-8-6-14/h10-12H,3-9,15H2,1-2H3,(H,16,17). The summed E-state index contributed by atoms with van der Waals surface area (Å²) < 4.78 is 5.36. The topological polar surface area (TPSA) is 64.3 Å². The van der Waals surface area contributed by atoms with Gasteiger partial charge in [0.25, 0.3) is 0 Å². The Balaban J connectivity index is 1.87. The number of hydrogen-bond donors (Lipinski definition) is 2. The molecule has 4 heteroatoms. The maximum absolute atomic E-state index is 12.3. The Hall–Kier alpha value is -0.610. The summed E-state index contributed by atoms with van der Waals surface area (Å²) in [4.78, 5) is 12.3.